The minimum Gasteiger partial charge on any atom is -0.495 e. The zero-order chi connectivity index (χ0) is 22.9. The van der Waals surface area contributed by atoms with Crippen molar-refractivity contribution >= 4 is 23.4 Å². The molecule has 3 amide bonds. The summed E-state index contributed by atoms with van der Waals surface area (Å²) in [5, 5.41) is 0. The summed E-state index contributed by atoms with van der Waals surface area (Å²) in [4.78, 5) is 41.6. The van der Waals surface area contributed by atoms with Gasteiger partial charge in [-0.15, -0.1) is 0 Å². The van der Waals surface area contributed by atoms with E-state index in [0.717, 1.165) is 24.2 Å². The van der Waals surface area contributed by atoms with Gasteiger partial charge in [0, 0.05) is 6.42 Å². The molecular formula is C26H32N2O4. The Morgan fingerprint density at radius 3 is 2.03 bits per heavy atom. The molecule has 1 aliphatic rings. The molecule has 32 heavy (non-hydrogen) atoms. The van der Waals surface area contributed by atoms with Crippen molar-refractivity contribution in [3.63, 3.8) is 0 Å². The number of imide groups is 1. The summed E-state index contributed by atoms with van der Waals surface area (Å²) >= 11 is 0. The van der Waals surface area contributed by atoms with Crippen LogP contribution in [-0.2, 0) is 4.79 Å². The molecule has 0 saturated heterocycles. The van der Waals surface area contributed by atoms with Crippen molar-refractivity contribution < 1.29 is 19.1 Å². The van der Waals surface area contributed by atoms with Crippen molar-refractivity contribution in [3.8, 4) is 5.75 Å². The third kappa shape index (κ3) is 5.36. The van der Waals surface area contributed by atoms with Crippen LogP contribution >= 0.6 is 0 Å². The van der Waals surface area contributed by atoms with Gasteiger partial charge in [-0.3, -0.25) is 24.2 Å². The maximum atomic E-state index is 13.2. The molecule has 3 rings (SSSR count). The summed E-state index contributed by atoms with van der Waals surface area (Å²) in [6, 6.07) is 13.9. The summed E-state index contributed by atoms with van der Waals surface area (Å²) in [6.45, 7) is 2.06. The standard InChI is InChI=1S/C26H32N2O4/c1-3-4-5-6-7-8-9-18-24(29)27(22-16-12-13-17-23(22)32-2)19-28-25(30)20-14-10-11-15-21(20)26(28)31/h10-17H,3-9,18-19H2,1-2H3. The Kier molecular flexibility index (Phi) is 8.42. The van der Waals surface area contributed by atoms with Crippen LogP contribution in [0.5, 0.6) is 5.75 Å². The number of benzene rings is 2. The van der Waals surface area contributed by atoms with E-state index in [9.17, 15) is 14.4 Å². The molecule has 0 bridgehead atoms. The van der Waals surface area contributed by atoms with Crippen LogP contribution in [0.2, 0.25) is 0 Å². The molecule has 170 valence electrons. The van der Waals surface area contributed by atoms with E-state index >= 15 is 0 Å². The topological polar surface area (TPSA) is 66.9 Å². The van der Waals surface area contributed by atoms with E-state index in [1.807, 2.05) is 12.1 Å². The van der Waals surface area contributed by atoms with Gasteiger partial charge in [-0.2, -0.15) is 0 Å². The minimum absolute atomic E-state index is 0.125. The van der Waals surface area contributed by atoms with E-state index < -0.39 is 0 Å². The van der Waals surface area contributed by atoms with E-state index in [1.165, 1.54) is 30.6 Å². The summed E-state index contributed by atoms with van der Waals surface area (Å²) in [7, 11) is 1.54. The first-order chi connectivity index (χ1) is 15.6. The average Bonchev–Trinajstić information content (AvgIpc) is 3.06. The number of nitrogens with zero attached hydrogens (tertiary/aromatic N) is 2. The molecule has 0 spiro atoms. The fourth-order valence-electron chi connectivity index (χ4n) is 4.02. The van der Waals surface area contributed by atoms with Crippen LogP contribution in [0, 0.1) is 0 Å². The van der Waals surface area contributed by atoms with Gasteiger partial charge >= 0.3 is 0 Å². The zero-order valence-corrected chi connectivity index (χ0v) is 19.0. The van der Waals surface area contributed by atoms with Gasteiger partial charge in [0.2, 0.25) is 5.91 Å². The number of ether oxygens (including phenoxy) is 1. The van der Waals surface area contributed by atoms with Crippen molar-refractivity contribution in [3.05, 3.63) is 59.7 Å². The second-order valence-corrected chi connectivity index (χ2v) is 8.09. The van der Waals surface area contributed by atoms with E-state index in [-0.39, 0.29) is 24.4 Å². The molecule has 0 fully saturated rings. The van der Waals surface area contributed by atoms with Crippen molar-refractivity contribution in [1.29, 1.82) is 0 Å². The van der Waals surface area contributed by atoms with Crippen LogP contribution in [0.25, 0.3) is 0 Å². The third-order valence-corrected chi connectivity index (χ3v) is 5.83. The normalized spacial score (nSPS) is 12.8. The molecule has 0 radical (unpaired) electrons. The molecule has 0 atom stereocenters. The number of para-hydroxylation sites is 2. The van der Waals surface area contributed by atoms with Gasteiger partial charge < -0.3 is 4.74 Å². The van der Waals surface area contributed by atoms with Crippen molar-refractivity contribution in [2.75, 3.05) is 18.7 Å². The Morgan fingerprint density at radius 1 is 0.844 bits per heavy atom. The number of hydrogen-bond donors (Lipinski definition) is 0. The molecular weight excluding hydrogens is 404 g/mol. The molecule has 2 aromatic rings. The van der Waals surface area contributed by atoms with Crippen molar-refractivity contribution in [2.24, 2.45) is 0 Å². The molecule has 0 aliphatic carbocycles. The van der Waals surface area contributed by atoms with Gasteiger partial charge in [-0.1, -0.05) is 69.7 Å². The first-order valence-electron chi connectivity index (χ1n) is 11.5. The van der Waals surface area contributed by atoms with Crippen LogP contribution < -0.4 is 9.64 Å². The first-order valence-corrected chi connectivity index (χ1v) is 11.5. The van der Waals surface area contributed by atoms with E-state index in [1.54, 1.807) is 43.5 Å². The number of anilines is 1. The Morgan fingerprint density at radius 2 is 1.41 bits per heavy atom. The maximum absolute atomic E-state index is 13.2. The number of amides is 3. The van der Waals surface area contributed by atoms with Gasteiger partial charge in [0.1, 0.15) is 12.4 Å². The van der Waals surface area contributed by atoms with Crippen molar-refractivity contribution in [1.82, 2.24) is 4.90 Å². The lowest BCUT2D eigenvalue weighted by atomic mass is 10.1. The lowest BCUT2D eigenvalue weighted by Crippen LogP contribution is -2.44. The highest BCUT2D eigenvalue weighted by Gasteiger charge is 2.37. The Balaban J connectivity index is 1.73. The number of carbonyl (C=O) groups is 3. The number of unbranched alkanes of at least 4 members (excludes halogenated alkanes) is 6. The number of methoxy groups -OCH3 is 1. The lowest BCUT2D eigenvalue weighted by molar-refractivity contribution is -0.119. The second kappa shape index (κ2) is 11.5. The van der Waals surface area contributed by atoms with Crippen LogP contribution in [0.15, 0.2) is 48.5 Å². The van der Waals surface area contributed by atoms with E-state index in [2.05, 4.69) is 6.92 Å². The largest absolute Gasteiger partial charge is 0.495 e. The molecule has 0 saturated carbocycles. The monoisotopic (exact) mass is 436 g/mol. The SMILES string of the molecule is CCCCCCCCCC(=O)N(CN1C(=O)c2ccccc2C1=O)c1ccccc1OC. The Hall–Kier alpha value is -3.15. The van der Waals surface area contributed by atoms with Gasteiger partial charge in [0.25, 0.3) is 11.8 Å². The molecule has 1 heterocycles. The quantitative estimate of drug-likeness (QED) is 0.329. The average molecular weight is 437 g/mol. The molecule has 6 heteroatoms. The van der Waals surface area contributed by atoms with E-state index in [0.29, 0.717) is 29.0 Å². The molecule has 0 aromatic heterocycles. The molecule has 0 unspecified atom stereocenters. The predicted octanol–water partition coefficient (Wildman–Crippen LogP) is 5.42. The molecule has 2 aromatic carbocycles. The third-order valence-electron chi connectivity index (χ3n) is 5.83. The first kappa shape index (κ1) is 23.5. The highest BCUT2D eigenvalue weighted by atomic mass is 16.5. The van der Waals surface area contributed by atoms with Crippen LogP contribution in [0.1, 0.15) is 79.0 Å². The van der Waals surface area contributed by atoms with Crippen LogP contribution in [0.3, 0.4) is 0 Å². The van der Waals surface area contributed by atoms with Gasteiger partial charge in [0.05, 0.1) is 23.9 Å². The van der Waals surface area contributed by atoms with Crippen LogP contribution in [0.4, 0.5) is 5.69 Å². The number of fused-ring (bicyclic) bond motifs is 1. The summed E-state index contributed by atoms with van der Waals surface area (Å²) in [5.74, 6) is -0.361. The fraction of sp³-hybridized carbons (Fsp3) is 0.423. The Labute approximate surface area is 190 Å². The van der Waals surface area contributed by atoms with Gasteiger partial charge in [-0.25, -0.2) is 0 Å². The van der Waals surface area contributed by atoms with Gasteiger partial charge in [-0.05, 0) is 30.7 Å². The fourth-order valence-corrected chi connectivity index (χ4v) is 4.02. The van der Waals surface area contributed by atoms with Crippen molar-refractivity contribution in [2.45, 2.75) is 58.3 Å². The summed E-state index contributed by atoms with van der Waals surface area (Å²) in [5.41, 5.74) is 1.30. The highest BCUT2D eigenvalue weighted by molar-refractivity contribution is 6.21. The maximum Gasteiger partial charge on any atom is 0.263 e. The van der Waals surface area contributed by atoms with Crippen LogP contribution in [-0.4, -0.2) is 36.4 Å². The number of carbonyl (C=O) groups excluding carboxylic acids is 3. The minimum atomic E-state index is -0.380. The number of hydrogen-bond acceptors (Lipinski definition) is 4. The smallest absolute Gasteiger partial charge is 0.263 e. The highest BCUT2D eigenvalue weighted by Crippen LogP contribution is 2.31. The summed E-state index contributed by atoms with van der Waals surface area (Å²) < 4.78 is 5.45. The van der Waals surface area contributed by atoms with Gasteiger partial charge in [0.15, 0.2) is 0 Å². The predicted molar refractivity (Wildman–Crippen MR) is 125 cm³/mol. The summed E-state index contributed by atoms with van der Waals surface area (Å²) in [6.07, 6.45) is 8.12. The molecule has 1 aliphatic heterocycles. The second-order valence-electron chi connectivity index (χ2n) is 8.09. The Bertz CT molecular complexity index is 921. The van der Waals surface area contributed by atoms with E-state index in [4.69, 9.17) is 4.74 Å². The molecule has 6 nitrogen and oxygen atoms in total. The lowest BCUT2D eigenvalue weighted by Gasteiger charge is -2.28. The number of rotatable bonds is 12. The molecule has 0 N–H and O–H groups in total. The zero-order valence-electron chi connectivity index (χ0n) is 19.0.